The standard InChI is InChI=1S/C17H18N2O2/c18-12-13-21-16-9-7-15(8-10-16)19-17(20)11-6-14-4-2-1-3-5-14/h1-11H,12-13,18H2,(H,19,20)/b11-6+. The van der Waals surface area contributed by atoms with E-state index in [1.807, 2.05) is 30.3 Å². The molecule has 0 unspecified atom stereocenters. The molecule has 108 valence electrons. The Balaban J connectivity index is 1.89. The van der Waals surface area contributed by atoms with Crippen molar-refractivity contribution < 1.29 is 9.53 Å². The van der Waals surface area contributed by atoms with Gasteiger partial charge < -0.3 is 15.8 Å². The minimum absolute atomic E-state index is 0.172. The van der Waals surface area contributed by atoms with Crippen LogP contribution in [0.5, 0.6) is 5.75 Å². The first-order valence-corrected chi connectivity index (χ1v) is 6.75. The van der Waals surface area contributed by atoms with Crippen LogP contribution < -0.4 is 15.8 Å². The summed E-state index contributed by atoms with van der Waals surface area (Å²) < 4.78 is 5.37. The summed E-state index contributed by atoms with van der Waals surface area (Å²) in [6.45, 7) is 0.953. The molecule has 2 rings (SSSR count). The van der Waals surface area contributed by atoms with E-state index in [1.54, 1.807) is 30.3 Å². The van der Waals surface area contributed by atoms with Gasteiger partial charge in [-0.25, -0.2) is 0 Å². The Kier molecular flexibility index (Phi) is 5.55. The molecule has 21 heavy (non-hydrogen) atoms. The Bertz CT molecular complexity index is 592. The molecule has 0 aliphatic heterocycles. The highest BCUT2D eigenvalue weighted by molar-refractivity contribution is 6.01. The van der Waals surface area contributed by atoms with Crippen molar-refractivity contribution >= 4 is 17.7 Å². The Morgan fingerprint density at radius 1 is 1.10 bits per heavy atom. The molecular formula is C17H18N2O2. The average molecular weight is 282 g/mol. The molecule has 2 aromatic rings. The maximum absolute atomic E-state index is 11.8. The summed E-state index contributed by atoms with van der Waals surface area (Å²) >= 11 is 0. The smallest absolute Gasteiger partial charge is 0.248 e. The molecule has 0 radical (unpaired) electrons. The summed E-state index contributed by atoms with van der Waals surface area (Å²) in [6.07, 6.45) is 3.28. The quantitative estimate of drug-likeness (QED) is 0.801. The van der Waals surface area contributed by atoms with Crippen LogP contribution in [-0.4, -0.2) is 19.1 Å². The molecule has 0 spiro atoms. The van der Waals surface area contributed by atoms with Gasteiger partial charge in [0, 0.05) is 18.3 Å². The first kappa shape index (κ1) is 14.8. The molecule has 0 bridgehead atoms. The van der Waals surface area contributed by atoms with Crippen LogP contribution in [0.25, 0.3) is 6.08 Å². The van der Waals surface area contributed by atoms with Crippen molar-refractivity contribution in [1.29, 1.82) is 0 Å². The summed E-state index contributed by atoms with van der Waals surface area (Å²) in [5.41, 5.74) is 7.07. The second kappa shape index (κ2) is 7.87. The molecule has 0 heterocycles. The normalized spacial score (nSPS) is 10.5. The van der Waals surface area contributed by atoms with Crippen molar-refractivity contribution in [1.82, 2.24) is 0 Å². The number of nitrogens with one attached hydrogen (secondary N) is 1. The number of anilines is 1. The highest BCUT2D eigenvalue weighted by Gasteiger charge is 1.99. The van der Waals surface area contributed by atoms with Crippen molar-refractivity contribution in [2.45, 2.75) is 0 Å². The van der Waals surface area contributed by atoms with Crippen LogP contribution in [0.15, 0.2) is 60.7 Å². The van der Waals surface area contributed by atoms with Gasteiger partial charge in [0.25, 0.3) is 0 Å². The predicted octanol–water partition coefficient (Wildman–Crippen LogP) is 2.68. The van der Waals surface area contributed by atoms with Gasteiger partial charge in [-0.3, -0.25) is 4.79 Å². The van der Waals surface area contributed by atoms with Gasteiger partial charge in [-0.05, 0) is 35.9 Å². The molecule has 3 N–H and O–H groups in total. The molecule has 0 saturated heterocycles. The van der Waals surface area contributed by atoms with Gasteiger partial charge >= 0.3 is 0 Å². The van der Waals surface area contributed by atoms with E-state index in [2.05, 4.69) is 5.32 Å². The van der Waals surface area contributed by atoms with E-state index in [4.69, 9.17) is 10.5 Å². The number of hydrogen-bond acceptors (Lipinski definition) is 3. The van der Waals surface area contributed by atoms with Gasteiger partial charge in [-0.2, -0.15) is 0 Å². The summed E-state index contributed by atoms with van der Waals surface area (Å²) in [4.78, 5) is 11.8. The molecule has 2 aromatic carbocycles. The number of carbonyl (C=O) groups is 1. The number of ether oxygens (including phenoxy) is 1. The molecule has 1 amide bonds. The topological polar surface area (TPSA) is 64.3 Å². The molecule has 0 aliphatic carbocycles. The molecule has 4 heteroatoms. The zero-order chi connectivity index (χ0) is 14.9. The first-order valence-electron chi connectivity index (χ1n) is 6.75. The van der Waals surface area contributed by atoms with Crippen molar-refractivity contribution in [3.05, 3.63) is 66.2 Å². The van der Waals surface area contributed by atoms with E-state index < -0.39 is 0 Å². The third kappa shape index (κ3) is 5.12. The Hall–Kier alpha value is -2.59. The lowest BCUT2D eigenvalue weighted by molar-refractivity contribution is -0.111. The highest BCUT2D eigenvalue weighted by atomic mass is 16.5. The lowest BCUT2D eigenvalue weighted by atomic mass is 10.2. The summed E-state index contributed by atoms with van der Waals surface area (Å²) in [7, 11) is 0. The van der Waals surface area contributed by atoms with Gasteiger partial charge in [-0.15, -0.1) is 0 Å². The van der Waals surface area contributed by atoms with Crippen LogP contribution in [-0.2, 0) is 4.79 Å². The van der Waals surface area contributed by atoms with Crippen molar-refractivity contribution in [2.75, 3.05) is 18.5 Å². The van der Waals surface area contributed by atoms with Crippen LogP contribution in [0.3, 0.4) is 0 Å². The lowest BCUT2D eigenvalue weighted by Crippen LogP contribution is -2.10. The van der Waals surface area contributed by atoms with Crippen molar-refractivity contribution in [2.24, 2.45) is 5.73 Å². The Morgan fingerprint density at radius 3 is 2.48 bits per heavy atom. The maximum Gasteiger partial charge on any atom is 0.248 e. The molecule has 0 aliphatic rings. The third-order valence-corrected chi connectivity index (χ3v) is 2.74. The van der Waals surface area contributed by atoms with Crippen molar-refractivity contribution in [3.8, 4) is 5.75 Å². The molecule has 0 saturated carbocycles. The largest absolute Gasteiger partial charge is 0.492 e. The van der Waals surface area contributed by atoms with Crippen molar-refractivity contribution in [3.63, 3.8) is 0 Å². The highest BCUT2D eigenvalue weighted by Crippen LogP contribution is 2.15. The number of hydrogen-bond donors (Lipinski definition) is 2. The minimum atomic E-state index is -0.172. The van der Waals surface area contributed by atoms with Gasteiger partial charge in [0.05, 0.1) is 0 Å². The minimum Gasteiger partial charge on any atom is -0.492 e. The van der Waals surface area contributed by atoms with Gasteiger partial charge in [0.2, 0.25) is 5.91 Å². The van der Waals surface area contributed by atoms with Crippen LogP contribution >= 0.6 is 0 Å². The zero-order valence-corrected chi connectivity index (χ0v) is 11.7. The summed E-state index contributed by atoms with van der Waals surface area (Å²) in [5.74, 6) is 0.563. The van der Waals surface area contributed by atoms with Gasteiger partial charge in [-0.1, -0.05) is 30.3 Å². The summed E-state index contributed by atoms with van der Waals surface area (Å²) in [6, 6.07) is 16.8. The zero-order valence-electron chi connectivity index (χ0n) is 11.7. The molecule has 4 nitrogen and oxygen atoms in total. The number of rotatable bonds is 6. The monoisotopic (exact) mass is 282 g/mol. The van der Waals surface area contributed by atoms with E-state index in [1.165, 1.54) is 6.08 Å². The van der Waals surface area contributed by atoms with E-state index in [-0.39, 0.29) is 5.91 Å². The van der Waals surface area contributed by atoms with Gasteiger partial charge in [0.15, 0.2) is 0 Å². The fraction of sp³-hybridized carbons (Fsp3) is 0.118. The third-order valence-electron chi connectivity index (χ3n) is 2.74. The Labute approximate surface area is 124 Å². The molecule has 0 aromatic heterocycles. The molecule has 0 fully saturated rings. The van der Waals surface area contributed by atoms with Crippen LogP contribution in [0.1, 0.15) is 5.56 Å². The summed E-state index contributed by atoms with van der Waals surface area (Å²) in [5, 5.41) is 2.79. The maximum atomic E-state index is 11.8. The fourth-order valence-corrected chi connectivity index (χ4v) is 1.73. The van der Waals surface area contributed by atoms with Crippen LogP contribution in [0.2, 0.25) is 0 Å². The molecular weight excluding hydrogens is 264 g/mol. The van der Waals surface area contributed by atoms with Crippen LogP contribution in [0, 0.1) is 0 Å². The van der Waals surface area contributed by atoms with Crippen LogP contribution in [0.4, 0.5) is 5.69 Å². The SMILES string of the molecule is NCCOc1ccc(NC(=O)/C=C/c2ccccc2)cc1. The van der Waals surface area contributed by atoms with Gasteiger partial charge in [0.1, 0.15) is 12.4 Å². The average Bonchev–Trinajstić information content (AvgIpc) is 2.53. The van der Waals surface area contributed by atoms with E-state index >= 15 is 0 Å². The second-order valence-electron chi connectivity index (χ2n) is 4.39. The number of amides is 1. The number of benzene rings is 2. The van der Waals surface area contributed by atoms with E-state index in [0.717, 1.165) is 17.0 Å². The molecule has 0 atom stereocenters. The number of nitrogens with two attached hydrogens (primary N) is 1. The first-order chi connectivity index (χ1) is 10.3. The lowest BCUT2D eigenvalue weighted by Gasteiger charge is -2.06. The Morgan fingerprint density at radius 2 is 1.81 bits per heavy atom. The number of carbonyl (C=O) groups excluding carboxylic acids is 1. The van der Waals surface area contributed by atoms with E-state index in [0.29, 0.717) is 13.2 Å². The predicted molar refractivity (Wildman–Crippen MR) is 85.1 cm³/mol. The second-order valence-corrected chi connectivity index (χ2v) is 4.39. The van der Waals surface area contributed by atoms with E-state index in [9.17, 15) is 4.79 Å². The fourth-order valence-electron chi connectivity index (χ4n) is 1.73.